The van der Waals surface area contributed by atoms with Crippen molar-refractivity contribution in [2.45, 2.75) is 91.3 Å². The molecular weight excluding hydrogens is 336 g/mol. The molecule has 1 aliphatic carbocycles. The molecule has 0 saturated heterocycles. The summed E-state index contributed by atoms with van der Waals surface area (Å²) in [7, 11) is 1.71. The lowest BCUT2D eigenvalue weighted by molar-refractivity contribution is -0.0720. The molecule has 0 radical (unpaired) electrons. The Bertz CT molecular complexity index is 534. The van der Waals surface area contributed by atoms with Gasteiger partial charge in [0.1, 0.15) is 0 Å². The second kappa shape index (κ2) is 11.6. The van der Waals surface area contributed by atoms with Crippen LogP contribution in [0.3, 0.4) is 0 Å². The van der Waals surface area contributed by atoms with E-state index in [0.717, 1.165) is 36.9 Å². The number of hydrogen-bond donors (Lipinski definition) is 0. The Labute approximate surface area is 166 Å². The van der Waals surface area contributed by atoms with Gasteiger partial charge >= 0.3 is 0 Å². The highest BCUT2D eigenvalue weighted by molar-refractivity contribution is 5.44. The van der Waals surface area contributed by atoms with Crippen molar-refractivity contribution >= 4 is 0 Å². The van der Waals surface area contributed by atoms with Crippen molar-refractivity contribution in [3.8, 4) is 11.5 Å². The molecule has 3 nitrogen and oxygen atoms in total. The number of methoxy groups -OCH3 is 1. The minimum absolute atomic E-state index is 0.258. The predicted molar refractivity (Wildman–Crippen MR) is 113 cm³/mol. The molecule has 1 aromatic rings. The van der Waals surface area contributed by atoms with Gasteiger partial charge in [0.15, 0.2) is 17.8 Å². The lowest BCUT2D eigenvalue weighted by atomic mass is 9.87. The van der Waals surface area contributed by atoms with Gasteiger partial charge in [0, 0.05) is 0 Å². The van der Waals surface area contributed by atoms with E-state index in [1.54, 1.807) is 7.11 Å². The summed E-state index contributed by atoms with van der Waals surface area (Å²) >= 11 is 0. The van der Waals surface area contributed by atoms with Crippen molar-refractivity contribution in [2.24, 2.45) is 11.8 Å². The molecule has 0 aliphatic heterocycles. The molecule has 0 N–H and O–H groups in total. The van der Waals surface area contributed by atoms with E-state index in [1.807, 2.05) is 13.0 Å². The molecular formula is C24H40O3. The second-order valence-corrected chi connectivity index (χ2v) is 8.49. The summed E-state index contributed by atoms with van der Waals surface area (Å²) in [6.45, 7) is 9.57. The van der Waals surface area contributed by atoms with Gasteiger partial charge in [-0.3, -0.25) is 0 Å². The highest BCUT2D eigenvalue weighted by atomic mass is 16.7. The normalized spacial score (nSPS) is 17.7. The Kier molecular flexibility index (Phi) is 9.47. The van der Waals surface area contributed by atoms with Gasteiger partial charge in [-0.1, -0.05) is 58.9 Å². The fraction of sp³-hybridized carbons (Fsp3) is 0.750. The first-order valence-corrected chi connectivity index (χ1v) is 11.0. The lowest BCUT2D eigenvalue weighted by Gasteiger charge is -2.23. The van der Waals surface area contributed by atoms with Gasteiger partial charge in [0.2, 0.25) is 0 Å². The maximum atomic E-state index is 6.03. The Morgan fingerprint density at radius 2 is 1.78 bits per heavy atom. The summed E-state index contributed by atoms with van der Waals surface area (Å²) in [6, 6.07) is 6.36. The van der Waals surface area contributed by atoms with E-state index >= 15 is 0 Å². The van der Waals surface area contributed by atoms with Crippen LogP contribution in [0.1, 0.15) is 90.5 Å². The number of hydrogen-bond acceptors (Lipinski definition) is 3. The van der Waals surface area contributed by atoms with Crippen LogP contribution in [0.4, 0.5) is 0 Å². The minimum atomic E-state index is -0.258. The van der Waals surface area contributed by atoms with Crippen molar-refractivity contribution in [1.82, 2.24) is 0 Å². The van der Waals surface area contributed by atoms with Gasteiger partial charge in [0.05, 0.1) is 13.7 Å². The zero-order chi connectivity index (χ0) is 19.6. The van der Waals surface area contributed by atoms with E-state index in [2.05, 4.69) is 32.9 Å². The van der Waals surface area contributed by atoms with Crippen LogP contribution in [0.2, 0.25) is 0 Å². The monoisotopic (exact) mass is 376 g/mol. The first-order chi connectivity index (χ1) is 13.0. The Morgan fingerprint density at radius 3 is 2.41 bits per heavy atom. The zero-order valence-corrected chi connectivity index (χ0v) is 18.1. The molecule has 0 spiro atoms. The van der Waals surface area contributed by atoms with Crippen LogP contribution in [0.5, 0.6) is 11.5 Å². The third-order valence-corrected chi connectivity index (χ3v) is 5.80. The van der Waals surface area contributed by atoms with E-state index in [9.17, 15) is 0 Å². The fourth-order valence-electron chi connectivity index (χ4n) is 4.23. The summed E-state index contributed by atoms with van der Waals surface area (Å²) in [6.07, 6.45) is 10.1. The largest absolute Gasteiger partial charge is 0.493 e. The van der Waals surface area contributed by atoms with Crippen molar-refractivity contribution in [3.63, 3.8) is 0 Å². The van der Waals surface area contributed by atoms with Crippen LogP contribution < -0.4 is 9.47 Å². The first-order valence-electron chi connectivity index (χ1n) is 11.0. The highest BCUT2D eigenvalue weighted by Gasteiger charge is 2.17. The molecule has 0 amide bonds. The minimum Gasteiger partial charge on any atom is -0.493 e. The molecule has 2 rings (SSSR count). The summed E-state index contributed by atoms with van der Waals surface area (Å²) in [5.41, 5.74) is 1.33. The summed E-state index contributed by atoms with van der Waals surface area (Å²) < 4.78 is 17.6. The van der Waals surface area contributed by atoms with Crippen molar-refractivity contribution in [2.75, 3.05) is 13.7 Å². The van der Waals surface area contributed by atoms with Crippen LogP contribution in [-0.4, -0.2) is 20.0 Å². The predicted octanol–water partition coefficient (Wildman–Crippen LogP) is 6.95. The molecule has 1 aromatic carbocycles. The standard InChI is InChI=1S/C24H40O3/c1-6-21(16-18(2)3)22-12-13-23(24(17-22)25-5)27-19(4)26-15-14-20-10-8-7-9-11-20/h12-13,17-21H,6-11,14-16H2,1-5H3. The highest BCUT2D eigenvalue weighted by Crippen LogP contribution is 2.35. The average molecular weight is 377 g/mol. The van der Waals surface area contributed by atoms with E-state index in [4.69, 9.17) is 14.2 Å². The molecule has 3 heteroatoms. The van der Waals surface area contributed by atoms with Crippen molar-refractivity contribution < 1.29 is 14.2 Å². The molecule has 2 atom stereocenters. The molecule has 0 heterocycles. The molecule has 27 heavy (non-hydrogen) atoms. The first kappa shape index (κ1) is 22.1. The third kappa shape index (κ3) is 7.37. The van der Waals surface area contributed by atoms with E-state index < -0.39 is 0 Å². The fourth-order valence-corrected chi connectivity index (χ4v) is 4.23. The topological polar surface area (TPSA) is 27.7 Å². The van der Waals surface area contributed by atoms with Crippen LogP contribution in [0, 0.1) is 11.8 Å². The summed E-state index contributed by atoms with van der Waals surface area (Å²) in [5.74, 6) is 3.67. The van der Waals surface area contributed by atoms with Crippen LogP contribution in [-0.2, 0) is 4.74 Å². The van der Waals surface area contributed by atoms with E-state index in [0.29, 0.717) is 11.8 Å². The number of ether oxygens (including phenoxy) is 3. The van der Waals surface area contributed by atoms with Crippen molar-refractivity contribution in [1.29, 1.82) is 0 Å². The van der Waals surface area contributed by atoms with Crippen molar-refractivity contribution in [3.05, 3.63) is 23.8 Å². The Morgan fingerprint density at radius 1 is 1.04 bits per heavy atom. The lowest BCUT2D eigenvalue weighted by Crippen LogP contribution is -2.19. The number of rotatable bonds is 11. The Hall–Kier alpha value is -1.22. The molecule has 1 saturated carbocycles. The molecule has 1 aliphatic rings. The van der Waals surface area contributed by atoms with Gasteiger partial charge in [0.25, 0.3) is 0 Å². The maximum Gasteiger partial charge on any atom is 0.197 e. The zero-order valence-electron chi connectivity index (χ0n) is 18.1. The maximum absolute atomic E-state index is 6.03. The van der Waals surface area contributed by atoms with Crippen LogP contribution >= 0.6 is 0 Å². The average Bonchev–Trinajstić information content (AvgIpc) is 2.67. The molecule has 2 unspecified atom stereocenters. The van der Waals surface area contributed by atoms with Crippen LogP contribution in [0.25, 0.3) is 0 Å². The van der Waals surface area contributed by atoms with E-state index in [1.165, 1.54) is 44.1 Å². The van der Waals surface area contributed by atoms with Gasteiger partial charge in [-0.05, 0) is 61.6 Å². The van der Waals surface area contributed by atoms with E-state index in [-0.39, 0.29) is 6.29 Å². The SMILES string of the molecule is CCC(CC(C)C)c1ccc(OC(C)OCCC2CCCCC2)c(OC)c1. The second-order valence-electron chi connectivity index (χ2n) is 8.49. The summed E-state index contributed by atoms with van der Waals surface area (Å²) in [4.78, 5) is 0. The third-order valence-electron chi connectivity index (χ3n) is 5.80. The smallest absolute Gasteiger partial charge is 0.197 e. The number of benzene rings is 1. The molecule has 1 fully saturated rings. The van der Waals surface area contributed by atoms with Crippen LogP contribution in [0.15, 0.2) is 18.2 Å². The molecule has 154 valence electrons. The van der Waals surface area contributed by atoms with Gasteiger partial charge < -0.3 is 14.2 Å². The van der Waals surface area contributed by atoms with Gasteiger partial charge in [-0.25, -0.2) is 0 Å². The quantitative estimate of drug-likeness (QED) is 0.391. The molecule has 0 aromatic heterocycles. The Balaban J connectivity index is 1.88. The van der Waals surface area contributed by atoms with Gasteiger partial charge in [-0.15, -0.1) is 0 Å². The van der Waals surface area contributed by atoms with Gasteiger partial charge in [-0.2, -0.15) is 0 Å². The summed E-state index contributed by atoms with van der Waals surface area (Å²) in [5, 5.41) is 0. The molecule has 0 bridgehead atoms.